The predicted molar refractivity (Wildman–Crippen MR) is 49.2 cm³/mol. The number of hydrogen-bond acceptors (Lipinski definition) is 2. The van der Waals surface area contributed by atoms with Crippen molar-refractivity contribution in [1.29, 1.82) is 0 Å². The van der Waals surface area contributed by atoms with Crippen molar-refractivity contribution in [3.8, 4) is 12.3 Å². The monoisotopic (exact) mass is 160 g/mol. The second-order valence-corrected chi connectivity index (χ2v) is 2.60. The van der Waals surface area contributed by atoms with Gasteiger partial charge < -0.3 is 5.73 Å². The first kappa shape index (κ1) is 8.76. The Labute approximate surface area is 72.8 Å². The molecule has 1 aromatic rings. The SMILES string of the molecule is C#CCCC(N)c1ccccn1. The normalized spacial score (nSPS) is 12.0. The van der Waals surface area contributed by atoms with Gasteiger partial charge in [-0.05, 0) is 18.6 Å². The summed E-state index contributed by atoms with van der Waals surface area (Å²) in [6.45, 7) is 0. The molecule has 1 unspecified atom stereocenters. The van der Waals surface area contributed by atoms with Gasteiger partial charge in [0.25, 0.3) is 0 Å². The summed E-state index contributed by atoms with van der Waals surface area (Å²) in [7, 11) is 0. The summed E-state index contributed by atoms with van der Waals surface area (Å²) in [5, 5.41) is 0. The maximum atomic E-state index is 5.82. The summed E-state index contributed by atoms with van der Waals surface area (Å²) in [5.41, 5.74) is 6.73. The molecule has 0 aliphatic carbocycles. The number of pyridine rings is 1. The first-order valence-corrected chi connectivity index (χ1v) is 3.94. The van der Waals surface area contributed by atoms with Crippen LogP contribution in [0.15, 0.2) is 24.4 Å². The number of terminal acetylenes is 1. The van der Waals surface area contributed by atoms with Gasteiger partial charge in [0.2, 0.25) is 0 Å². The molecular weight excluding hydrogens is 148 g/mol. The third kappa shape index (κ3) is 2.37. The maximum Gasteiger partial charge on any atom is 0.0571 e. The molecule has 1 rings (SSSR count). The van der Waals surface area contributed by atoms with E-state index in [-0.39, 0.29) is 6.04 Å². The summed E-state index contributed by atoms with van der Waals surface area (Å²) in [4.78, 5) is 4.14. The van der Waals surface area contributed by atoms with Crippen LogP contribution in [0.3, 0.4) is 0 Å². The molecule has 62 valence electrons. The average molecular weight is 160 g/mol. The van der Waals surface area contributed by atoms with Crippen molar-refractivity contribution in [2.75, 3.05) is 0 Å². The van der Waals surface area contributed by atoms with Crippen molar-refractivity contribution in [3.63, 3.8) is 0 Å². The molecule has 0 aliphatic heterocycles. The van der Waals surface area contributed by atoms with E-state index in [1.165, 1.54) is 0 Å². The Kier molecular flexibility index (Phi) is 3.31. The highest BCUT2D eigenvalue weighted by atomic mass is 14.8. The average Bonchev–Trinajstić information content (AvgIpc) is 2.15. The third-order valence-electron chi connectivity index (χ3n) is 1.67. The van der Waals surface area contributed by atoms with Crippen LogP contribution in [0.5, 0.6) is 0 Å². The van der Waals surface area contributed by atoms with Crippen molar-refractivity contribution < 1.29 is 0 Å². The Morgan fingerprint density at radius 1 is 1.58 bits per heavy atom. The Morgan fingerprint density at radius 3 is 3.00 bits per heavy atom. The van der Waals surface area contributed by atoms with Crippen LogP contribution in [-0.2, 0) is 0 Å². The van der Waals surface area contributed by atoms with E-state index >= 15 is 0 Å². The highest BCUT2D eigenvalue weighted by Gasteiger charge is 2.04. The minimum Gasteiger partial charge on any atom is -0.323 e. The second-order valence-electron chi connectivity index (χ2n) is 2.60. The Bertz CT molecular complexity index is 261. The van der Waals surface area contributed by atoms with E-state index < -0.39 is 0 Å². The van der Waals surface area contributed by atoms with Crippen molar-refractivity contribution in [2.45, 2.75) is 18.9 Å². The lowest BCUT2D eigenvalue weighted by Gasteiger charge is -2.07. The fraction of sp³-hybridized carbons (Fsp3) is 0.300. The van der Waals surface area contributed by atoms with Crippen LogP contribution < -0.4 is 5.73 Å². The molecule has 2 N–H and O–H groups in total. The highest BCUT2D eigenvalue weighted by molar-refractivity contribution is 5.08. The number of rotatable bonds is 3. The van der Waals surface area contributed by atoms with E-state index in [0.29, 0.717) is 6.42 Å². The standard InChI is InChI=1S/C10H12N2/c1-2-3-6-9(11)10-7-4-5-8-12-10/h1,4-5,7-9H,3,6,11H2. The van der Waals surface area contributed by atoms with Gasteiger partial charge in [-0.15, -0.1) is 12.3 Å². The molecule has 0 saturated heterocycles. The van der Waals surface area contributed by atoms with E-state index in [0.717, 1.165) is 12.1 Å². The van der Waals surface area contributed by atoms with Gasteiger partial charge in [0.1, 0.15) is 0 Å². The lowest BCUT2D eigenvalue weighted by molar-refractivity contribution is 0.648. The molecule has 0 spiro atoms. The molecule has 0 fully saturated rings. The maximum absolute atomic E-state index is 5.82. The molecule has 0 aliphatic rings. The summed E-state index contributed by atoms with van der Waals surface area (Å²) in [6.07, 6.45) is 8.38. The van der Waals surface area contributed by atoms with Crippen LogP contribution >= 0.6 is 0 Å². The van der Waals surface area contributed by atoms with Gasteiger partial charge in [-0.2, -0.15) is 0 Å². The van der Waals surface area contributed by atoms with E-state index in [9.17, 15) is 0 Å². The third-order valence-corrected chi connectivity index (χ3v) is 1.67. The number of nitrogens with zero attached hydrogens (tertiary/aromatic N) is 1. The minimum absolute atomic E-state index is 0.0257. The summed E-state index contributed by atoms with van der Waals surface area (Å²) < 4.78 is 0. The largest absolute Gasteiger partial charge is 0.323 e. The van der Waals surface area contributed by atoms with Crippen molar-refractivity contribution in [1.82, 2.24) is 4.98 Å². The highest BCUT2D eigenvalue weighted by Crippen LogP contribution is 2.11. The van der Waals surface area contributed by atoms with Gasteiger partial charge in [0.05, 0.1) is 5.69 Å². The molecule has 1 aromatic heterocycles. The first-order chi connectivity index (χ1) is 5.84. The van der Waals surface area contributed by atoms with E-state index in [2.05, 4.69) is 10.9 Å². The summed E-state index contributed by atoms with van der Waals surface area (Å²) >= 11 is 0. The van der Waals surface area contributed by atoms with Crippen LogP contribution in [0.2, 0.25) is 0 Å². The zero-order chi connectivity index (χ0) is 8.81. The quantitative estimate of drug-likeness (QED) is 0.680. The summed E-state index contributed by atoms with van der Waals surface area (Å²) in [6, 6.07) is 5.69. The molecule has 0 radical (unpaired) electrons. The minimum atomic E-state index is -0.0257. The zero-order valence-corrected chi connectivity index (χ0v) is 6.90. The molecule has 0 aromatic carbocycles. The van der Waals surface area contributed by atoms with Gasteiger partial charge in [0, 0.05) is 18.7 Å². The van der Waals surface area contributed by atoms with E-state index in [1.807, 2.05) is 18.2 Å². The topological polar surface area (TPSA) is 38.9 Å². The molecule has 12 heavy (non-hydrogen) atoms. The molecule has 1 atom stereocenters. The van der Waals surface area contributed by atoms with Crippen molar-refractivity contribution >= 4 is 0 Å². The van der Waals surface area contributed by atoms with Gasteiger partial charge in [-0.3, -0.25) is 4.98 Å². The number of aromatic nitrogens is 1. The fourth-order valence-corrected chi connectivity index (χ4v) is 0.982. The van der Waals surface area contributed by atoms with Gasteiger partial charge in [0.15, 0.2) is 0 Å². The Morgan fingerprint density at radius 2 is 2.42 bits per heavy atom. The molecular formula is C10H12N2. The number of hydrogen-bond donors (Lipinski definition) is 1. The van der Waals surface area contributed by atoms with Crippen LogP contribution in [0.25, 0.3) is 0 Å². The smallest absolute Gasteiger partial charge is 0.0571 e. The van der Waals surface area contributed by atoms with Crippen LogP contribution in [0.4, 0.5) is 0 Å². The molecule has 0 bridgehead atoms. The first-order valence-electron chi connectivity index (χ1n) is 3.94. The van der Waals surface area contributed by atoms with E-state index in [4.69, 9.17) is 12.2 Å². The van der Waals surface area contributed by atoms with Crippen LogP contribution in [0.1, 0.15) is 24.6 Å². The summed E-state index contributed by atoms with van der Waals surface area (Å²) in [5.74, 6) is 2.56. The lowest BCUT2D eigenvalue weighted by atomic mass is 10.1. The predicted octanol–water partition coefficient (Wildman–Crippen LogP) is 1.49. The molecule has 2 heteroatoms. The van der Waals surface area contributed by atoms with Crippen LogP contribution in [0, 0.1) is 12.3 Å². The Balaban J connectivity index is 2.55. The molecule has 1 heterocycles. The number of nitrogens with two attached hydrogens (primary N) is 1. The van der Waals surface area contributed by atoms with Gasteiger partial charge in [-0.1, -0.05) is 6.07 Å². The van der Waals surface area contributed by atoms with Gasteiger partial charge in [-0.25, -0.2) is 0 Å². The van der Waals surface area contributed by atoms with Gasteiger partial charge >= 0.3 is 0 Å². The van der Waals surface area contributed by atoms with Crippen LogP contribution in [-0.4, -0.2) is 4.98 Å². The van der Waals surface area contributed by atoms with E-state index in [1.54, 1.807) is 6.20 Å². The van der Waals surface area contributed by atoms with Crippen molar-refractivity contribution in [2.24, 2.45) is 5.73 Å². The van der Waals surface area contributed by atoms with Crippen molar-refractivity contribution in [3.05, 3.63) is 30.1 Å². The molecule has 0 amide bonds. The Hall–Kier alpha value is -1.33. The molecule has 0 saturated carbocycles. The molecule has 2 nitrogen and oxygen atoms in total. The zero-order valence-electron chi connectivity index (χ0n) is 6.90. The fourth-order valence-electron chi connectivity index (χ4n) is 0.982. The second kappa shape index (κ2) is 4.53. The lowest BCUT2D eigenvalue weighted by Crippen LogP contribution is -2.11.